The number of nitrogens with zero attached hydrogens (tertiary/aromatic N) is 2. The molecule has 1 atom stereocenters. The van der Waals surface area contributed by atoms with Crippen molar-refractivity contribution in [3.63, 3.8) is 0 Å². The van der Waals surface area contributed by atoms with Gasteiger partial charge in [0.05, 0.1) is 23.9 Å². The van der Waals surface area contributed by atoms with E-state index in [-0.39, 0.29) is 27.8 Å². The molecule has 2 N–H and O–H groups in total. The van der Waals surface area contributed by atoms with Crippen LogP contribution in [0.1, 0.15) is 22.7 Å². The minimum absolute atomic E-state index is 0.0721. The number of halogens is 1. The zero-order chi connectivity index (χ0) is 22.4. The number of Topliss-reactive ketones (excluding diaryl/α,β-unsaturated/α-hetero) is 1. The number of aliphatic hydroxyl groups excluding tert-OH is 1. The number of phenolic OH excluding ortho intramolecular Hbond substituents is 1. The molecule has 1 saturated heterocycles. The SMILES string of the molecule is O=C1C(=O)N(c2cc(Cl)ccc2O)C(c2ccncc2)/C1=C(/O)c1ccc2c(c1)CCO2. The Morgan fingerprint density at radius 1 is 1.09 bits per heavy atom. The van der Waals surface area contributed by atoms with Gasteiger partial charge in [-0.25, -0.2) is 0 Å². The highest BCUT2D eigenvalue weighted by molar-refractivity contribution is 6.52. The Bertz CT molecular complexity index is 1290. The van der Waals surface area contributed by atoms with Crippen molar-refractivity contribution in [1.29, 1.82) is 0 Å². The van der Waals surface area contributed by atoms with Crippen molar-refractivity contribution >= 4 is 34.7 Å². The number of aromatic hydroxyl groups is 1. The van der Waals surface area contributed by atoms with E-state index in [1.165, 1.54) is 30.6 Å². The van der Waals surface area contributed by atoms with Gasteiger partial charge in [0.25, 0.3) is 11.7 Å². The number of amides is 1. The van der Waals surface area contributed by atoms with Crippen molar-refractivity contribution in [1.82, 2.24) is 4.98 Å². The van der Waals surface area contributed by atoms with Gasteiger partial charge in [-0.15, -0.1) is 0 Å². The number of fused-ring (bicyclic) bond motifs is 1. The number of carbonyl (C=O) groups excluding carboxylic acids is 2. The summed E-state index contributed by atoms with van der Waals surface area (Å²) >= 11 is 6.10. The van der Waals surface area contributed by atoms with Gasteiger partial charge in [0.2, 0.25) is 0 Å². The molecule has 1 unspecified atom stereocenters. The molecule has 0 aliphatic carbocycles. The number of hydrogen-bond donors (Lipinski definition) is 2. The first-order valence-electron chi connectivity index (χ1n) is 9.91. The quantitative estimate of drug-likeness (QED) is 0.357. The lowest BCUT2D eigenvalue weighted by atomic mass is 9.95. The number of pyridine rings is 1. The summed E-state index contributed by atoms with van der Waals surface area (Å²) in [6, 6.07) is 11.7. The molecule has 1 aromatic heterocycles. The predicted octanol–water partition coefficient (Wildman–Crippen LogP) is 4.00. The van der Waals surface area contributed by atoms with Crippen LogP contribution in [0.5, 0.6) is 11.5 Å². The van der Waals surface area contributed by atoms with Crippen LogP contribution in [0.2, 0.25) is 5.02 Å². The molecule has 5 rings (SSSR count). The predicted molar refractivity (Wildman–Crippen MR) is 118 cm³/mol. The number of phenols is 1. The molecular formula is C24H17ClN2O5. The summed E-state index contributed by atoms with van der Waals surface area (Å²) in [7, 11) is 0. The molecule has 2 aliphatic rings. The number of aliphatic hydroxyl groups is 1. The summed E-state index contributed by atoms with van der Waals surface area (Å²) in [5.41, 5.74) is 1.85. The number of hydrogen-bond acceptors (Lipinski definition) is 6. The van der Waals surface area contributed by atoms with Gasteiger partial charge in [0.1, 0.15) is 17.3 Å². The van der Waals surface area contributed by atoms with Crippen molar-refractivity contribution in [2.24, 2.45) is 0 Å². The molecule has 1 amide bonds. The lowest BCUT2D eigenvalue weighted by molar-refractivity contribution is -0.132. The van der Waals surface area contributed by atoms with Gasteiger partial charge in [-0.1, -0.05) is 11.6 Å². The van der Waals surface area contributed by atoms with Gasteiger partial charge in [-0.2, -0.15) is 0 Å². The van der Waals surface area contributed by atoms with Gasteiger partial charge in [0.15, 0.2) is 0 Å². The average Bonchev–Trinajstić information content (AvgIpc) is 3.38. The molecule has 8 heteroatoms. The molecular weight excluding hydrogens is 432 g/mol. The van der Waals surface area contributed by atoms with Crippen molar-refractivity contribution in [2.75, 3.05) is 11.5 Å². The Hall–Kier alpha value is -3.84. The molecule has 3 aromatic rings. The molecule has 32 heavy (non-hydrogen) atoms. The zero-order valence-electron chi connectivity index (χ0n) is 16.7. The molecule has 0 bridgehead atoms. The van der Waals surface area contributed by atoms with Crippen LogP contribution in [0.3, 0.4) is 0 Å². The minimum atomic E-state index is -0.980. The second-order valence-corrected chi connectivity index (χ2v) is 7.94. The molecule has 7 nitrogen and oxygen atoms in total. The zero-order valence-corrected chi connectivity index (χ0v) is 17.4. The number of ketones is 1. The summed E-state index contributed by atoms with van der Waals surface area (Å²) in [4.78, 5) is 31.4. The number of rotatable bonds is 3. The second kappa shape index (κ2) is 7.69. The largest absolute Gasteiger partial charge is 0.507 e. The average molecular weight is 449 g/mol. The summed E-state index contributed by atoms with van der Waals surface area (Å²) in [5.74, 6) is -1.53. The standard InChI is InChI=1S/C24H17ClN2O5/c25-16-2-3-18(28)17(12-16)27-21(13-5-8-26-9-6-13)20(23(30)24(27)31)22(29)15-1-4-19-14(11-15)7-10-32-19/h1-6,8-9,11-12,21,28-29H,7,10H2/b22-20-. The van der Waals surface area contributed by atoms with E-state index in [9.17, 15) is 19.8 Å². The van der Waals surface area contributed by atoms with Gasteiger partial charge < -0.3 is 14.9 Å². The van der Waals surface area contributed by atoms with Gasteiger partial charge in [-0.05, 0) is 59.7 Å². The third-order valence-electron chi connectivity index (χ3n) is 5.63. The van der Waals surface area contributed by atoms with Gasteiger partial charge in [-0.3, -0.25) is 19.5 Å². The van der Waals surface area contributed by atoms with Crippen molar-refractivity contribution in [2.45, 2.75) is 12.5 Å². The van der Waals surface area contributed by atoms with Crippen molar-refractivity contribution in [3.05, 3.63) is 88.2 Å². The molecule has 1 fully saturated rings. The summed E-state index contributed by atoms with van der Waals surface area (Å²) in [5, 5.41) is 21.9. The lowest BCUT2D eigenvalue weighted by Gasteiger charge is -2.26. The van der Waals surface area contributed by atoms with Crippen LogP contribution in [0, 0.1) is 0 Å². The maximum atomic E-state index is 13.2. The van der Waals surface area contributed by atoms with Crippen molar-refractivity contribution < 1.29 is 24.5 Å². The summed E-state index contributed by atoms with van der Waals surface area (Å²) in [6.07, 6.45) is 3.75. The number of anilines is 1. The molecule has 2 aliphatic heterocycles. The molecule has 3 heterocycles. The molecule has 0 saturated carbocycles. The summed E-state index contributed by atoms with van der Waals surface area (Å²) < 4.78 is 5.51. The molecule has 0 spiro atoms. The summed E-state index contributed by atoms with van der Waals surface area (Å²) in [6.45, 7) is 0.551. The van der Waals surface area contributed by atoms with Gasteiger partial charge >= 0.3 is 0 Å². The normalized spacial score (nSPS) is 19.2. The van der Waals surface area contributed by atoms with E-state index in [4.69, 9.17) is 16.3 Å². The Morgan fingerprint density at radius 2 is 1.88 bits per heavy atom. The van der Waals surface area contributed by atoms with Crippen LogP contribution in [0.15, 0.2) is 66.5 Å². The topological polar surface area (TPSA) is 100.0 Å². The van der Waals surface area contributed by atoms with Gasteiger partial charge in [0, 0.05) is 29.4 Å². The Morgan fingerprint density at radius 3 is 2.66 bits per heavy atom. The van der Waals surface area contributed by atoms with E-state index >= 15 is 0 Å². The Balaban J connectivity index is 1.73. The van der Waals surface area contributed by atoms with E-state index < -0.39 is 17.7 Å². The van der Waals surface area contributed by atoms with Crippen LogP contribution in [-0.4, -0.2) is 33.5 Å². The monoisotopic (exact) mass is 448 g/mol. The molecule has 0 radical (unpaired) electrons. The number of benzene rings is 2. The van der Waals surface area contributed by atoms with E-state index in [0.29, 0.717) is 24.2 Å². The first-order chi connectivity index (χ1) is 15.5. The van der Waals surface area contributed by atoms with Crippen LogP contribution in [0.25, 0.3) is 5.76 Å². The number of aromatic nitrogens is 1. The van der Waals surface area contributed by atoms with Crippen LogP contribution < -0.4 is 9.64 Å². The maximum Gasteiger partial charge on any atom is 0.300 e. The minimum Gasteiger partial charge on any atom is -0.507 e. The smallest absolute Gasteiger partial charge is 0.300 e. The fourth-order valence-electron chi connectivity index (χ4n) is 4.12. The molecule has 2 aromatic carbocycles. The second-order valence-electron chi connectivity index (χ2n) is 7.50. The third kappa shape index (κ3) is 3.18. The maximum absolute atomic E-state index is 13.2. The van der Waals surface area contributed by atoms with E-state index in [1.54, 1.807) is 30.3 Å². The fourth-order valence-corrected chi connectivity index (χ4v) is 4.29. The fraction of sp³-hybridized carbons (Fsp3) is 0.125. The highest BCUT2D eigenvalue weighted by Gasteiger charge is 2.47. The van der Waals surface area contributed by atoms with E-state index in [1.807, 2.05) is 0 Å². The Labute approximate surface area is 188 Å². The lowest BCUT2D eigenvalue weighted by Crippen LogP contribution is -2.29. The molecule has 160 valence electrons. The van der Waals surface area contributed by atoms with Crippen LogP contribution in [0.4, 0.5) is 5.69 Å². The van der Waals surface area contributed by atoms with Crippen LogP contribution >= 0.6 is 11.6 Å². The first-order valence-corrected chi connectivity index (χ1v) is 10.3. The number of ether oxygens (including phenoxy) is 1. The highest BCUT2D eigenvalue weighted by atomic mass is 35.5. The van der Waals surface area contributed by atoms with E-state index in [2.05, 4.69) is 4.98 Å². The highest BCUT2D eigenvalue weighted by Crippen LogP contribution is 2.45. The number of carbonyl (C=O) groups is 2. The first kappa shape index (κ1) is 20.1. The van der Waals surface area contributed by atoms with Crippen molar-refractivity contribution in [3.8, 4) is 11.5 Å². The van der Waals surface area contributed by atoms with E-state index in [0.717, 1.165) is 16.2 Å². The third-order valence-corrected chi connectivity index (χ3v) is 5.86. The van der Waals surface area contributed by atoms with Crippen LogP contribution in [-0.2, 0) is 16.0 Å². The Kier molecular flexibility index (Phi) is 4.83.